The number of thiazole rings is 1. The number of aryl methyl sites for hydroxylation is 1. The molecule has 1 aromatic carbocycles. The van der Waals surface area contributed by atoms with E-state index in [1.54, 1.807) is 5.38 Å². The van der Waals surface area contributed by atoms with Gasteiger partial charge in [0.25, 0.3) is 0 Å². The van der Waals surface area contributed by atoms with E-state index in [4.69, 9.17) is 14.2 Å². The molecule has 0 aliphatic carbocycles. The summed E-state index contributed by atoms with van der Waals surface area (Å²) >= 11 is 1.34. The molecule has 0 radical (unpaired) electrons. The predicted octanol–water partition coefficient (Wildman–Crippen LogP) is 2.56. The third kappa shape index (κ3) is 5.06. The SMILES string of the molecule is Cc1ccc(NC(=O)Cc2nc(COC(=O)C3=COCCO3)cs2)cc1. The lowest BCUT2D eigenvalue weighted by molar-refractivity contribution is -0.146. The van der Waals surface area contributed by atoms with Crippen molar-refractivity contribution >= 4 is 28.9 Å². The number of amides is 1. The quantitative estimate of drug-likeness (QED) is 0.782. The van der Waals surface area contributed by atoms with Gasteiger partial charge in [-0.25, -0.2) is 9.78 Å². The normalized spacial score (nSPS) is 13.2. The molecule has 1 aliphatic heterocycles. The smallest absolute Gasteiger partial charge is 0.377 e. The minimum atomic E-state index is -0.601. The molecule has 1 aliphatic rings. The molecule has 136 valence electrons. The summed E-state index contributed by atoms with van der Waals surface area (Å²) in [4.78, 5) is 28.2. The highest BCUT2D eigenvalue weighted by atomic mass is 32.1. The van der Waals surface area contributed by atoms with Gasteiger partial charge in [-0.1, -0.05) is 17.7 Å². The lowest BCUT2D eigenvalue weighted by Crippen LogP contribution is -2.17. The molecule has 26 heavy (non-hydrogen) atoms. The van der Waals surface area contributed by atoms with Gasteiger partial charge in [-0.3, -0.25) is 4.79 Å². The van der Waals surface area contributed by atoms with Gasteiger partial charge in [0.2, 0.25) is 11.7 Å². The molecule has 1 amide bonds. The Bertz CT molecular complexity index is 813. The molecular formula is C18H18N2O5S. The van der Waals surface area contributed by atoms with Crippen molar-refractivity contribution in [2.45, 2.75) is 20.0 Å². The summed E-state index contributed by atoms with van der Waals surface area (Å²) in [6.07, 6.45) is 1.41. The molecule has 3 rings (SSSR count). The number of esters is 1. The average molecular weight is 374 g/mol. The predicted molar refractivity (Wildman–Crippen MR) is 95.4 cm³/mol. The fourth-order valence-corrected chi connectivity index (χ4v) is 2.94. The van der Waals surface area contributed by atoms with Crippen molar-refractivity contribution in [1.82, 2.24) is 4.98 Å². The molecule has 0 unspecified atom stereocenters. The van der Waals surface area contributed by atoms with Crippen LogP contribution in [0.4, 0.5) is 5.69 Å². The fraction of sp³-hybridized carbons (Fsp3) is 0.278. The standard InChI is InChI=1S/C18H18N2O5S/c1-12-2-4-13(5-3-12)19-16(21)8-17-20-14(11-26-17)9-25-18(22)15-10-23-6-7-24-15/h2-5,10-11H,6-9H2,1H3,(H,19,21). The Hall–Kier alpha value is -2.87. The number of carbonyl (C=O) groups is 2. The number of nitrogens with one attached hydrogen (secondary N) is 1. The van der Waals surface area contributed by atoms with Gasteiger partial charge in [0, 0.05) is 11.1 Å². The van der Waals surface area contributed by atoms with Gasteiger partial charge in [0.1, 0.15) is 31.1 Å². The van der Waals surface area contributed by atoms with Gasteiger partial charge >= 0.3 is 5.97 Å². The second-order valence-electron chi connectivity index (χ2n) is 5.60. The number of aromatic nitrogens is 1. The highest BCUT2D eigenvalue weighted by molar-refractivity contribution is 7.09. The van der Waals surface area contributed by atoms with Crippen molar-refractivity contribution in [3.05, 3.63) is 57.9 Å². The van der Waals surface area contributed by atoms with Crippen LogP contribution in [0.25, 0.3) is 0 Å². The highest BCUT2D eigenvalue weighted by Crippen LogP contribution is 2.15. The van der Waals surface area contributed by atoms with Crippen LogP contribution in [0.15, 0.2) is 41.7 Å². The van der Waals surface area contributed by atoms with E-state index in [0.717, 1.165) is 11.3 Å². The second kappa shape index (κ2) is 8.48. The van der Waals surface area contributed by atoms with E-state index in [-0.39, 0.29) is 24.7 Å². The van der Waals surface area contributed by atoms with Crippen molar-refractivity contribution < 1.29 is 23.8 Å². The van der Waals surface area contributed by atoms with Crippen LogP contribution in [0.5, 0.6) is 0 Å². The van der Waals surface area contributed by atoms with Crippen LogP contribution in [-0.2, 0) is 36.8 Å². The van der Waals surface area contributed by atoms with Gasteiger partial charge in [-0.15, -0.1) is 11.3 Å². The molecule has 0 saturated heterocycles. The number of rotatable bonds is 6. The maximum atomic E-state index is 12.1. The minimum Gasteiger partial charge on any atom is -0.493 e. The summed E-state index contributed by atoms with van der Waals surface area (Å²) in [5.74, 6) is -0.704. The van der Waals surface area contributed by atoms with E-state index in [2.05, 4.69) is 10.3 Å². The summed E-state index contributed by atoms with van der Waals surface area (Å²) in [5.41, 5.74) is 2.45. The summed E-state index contributed by atoms with van der Waals surface area (Å²) in [7, 11) is 0. The van der Waals surface area contributed by atoms with Crippen LogP contribution >= 0.6 is 11.3 Å². The number of ether oxygens (including phenoxy) is 3. The fourth-order valence-electron chi connectivity index (χ4n) is 2.16. The van der Waals surface area contributed by atoms with Gasteiger partial charge in [-0.05, 0) is 19.1 Å². The molecule has 0 bridgehead atoms. The lowest BCUT2D eigenvalue weighted by Gasteiger charge is -2.13. The van der Waals surface area contributed by atoms with Crippen molar-refractivity contribution in [1.29, 1.82) is 0 Å². The van der Waals surface area contributed by atoms with Crippen LogP contribution in [-0.4, -0.2) is 30.1 Å². The molecule has 0 atom stereocenters. The molecule has 0 spiro atoms. The topological polar surface area (TPSA) is 86.8 Å². The molecule has 1 N–H and O–H groups in total. The Morgan fingerprint density at radius 1 is 1.27 bits per heavy atom. The number of anilines is 1. The third-order valence-electron chi connectivity index (χ3n) is 3.45. The number of hydrogen-bond acceptors (Lipinski definition) is 7. The summed E-state index contributed by atoms with van der Waals surface area (Å²) in [5, 5.41) is 5.23. The Labute approximate surface area is 154 Å². The average Bonchev–Trinajstić information content (AvgIpc) is 3.09. The largest absolute Gasteiger partial charge is 0.493 e. The highest BCUT2D eigenvalue weighted by Gasteiger charge is 2.17. The van der Waals surface area contributed by atoms with Gasteiger partial charge in [0.15, 0.2) is 0 Å². The molecule has 1 aromatic heterocycles. The van der Waals surface area contributed by atoms with Gasteiger partial charge < -0.3 is 19.5 Å². The van der Waals surface area contributed by atoms with Crippen LogP contribution in [0.1, 0.15) is 16.3 Å². The van der Waals surface area contributed by atoms with E-state index >= 15 is 0 Å². The van der Waals surface area contributed by atoms with Crippen LogP contribution in [0.2, 0.25) is 0 Å². The minimum absolute atomic E-state index is 0.00954. The monoisotopic (exact) mass is 374 g/mol. The van der Waals surface area contributed by atoms with Gasteiger partial charge in [-0.2, -0.15) is 0 Å². The Morgan fingerprint density at radius 3 is 2.81 bits per heavy atom. The zero-order valence-electron chi connectivity index (χ0n) is 14.2. The first-order valence-corrected chi connectivity index (χ1v) is 8.89. The number of nitrogens with zero attached hydrogens (tertiary/aromatic N) is 1. The zero-order chi connectivity index (χ0) is 18.4. The molecule has 2 aromatic rings. The molecule has 2 heterocycles. The van der Waals surface area contributed by atoms with E-state index in [1.165, 1.54) is 17.6 Å². The Morgan fingerprint density at radius 2 is 2.08 bits per heavy atom. The molecule has 8 heteroatoms. The zero-order valence-corrected chi connectivity index (χ0v) is 15.0. The maximum absolute atomic E-state index is 12.1. The molecule has 7 nitrogen and oxygen atoms in total. The molecule has 0 fully saturated rings. The van der Waals surface area contributed by atoms with Crippen LogP contribution in [0, 0.1) is 6.92 Å². The van der Waals surface area contributed by atoms with Crippen molar-refractivity contribution in [3.63, 3.8) is 0 Å². The van der Waals surface area contributed by atoms with Crippen molar-refractivity contribution in [2.24, 2.45) is 0 Å². The van der Waals surface area contributed by atoms with E-state index in [0.29, 0.717) is 23.9 Å². The van der Waals surface area contributed by atoms with E-state index < -0.39 is 5.97 Å². The van der Waals surface area contributed by atoms with Gasteiger partial charge in [0.05, 0.1) is 12.1 Å². The first kappa shape index (κ1) is 17.9. The number of hydrogen-bond donors (Lipinski definition) is 1. The van der Waals surface area contributed by atoms with Crippen molar-refractivity contribution in [3.8, 4) is 0 Å². The van der Waals surface area contributed by atoms with Crippen molar-refractivity contribution in [2.75, 3.05) is 18.5 Å². The first-order chi connectivity index (χ1) is 12.6. The third-order valence-corrected chi connectivity index (χ3v) is 4.35. The molecular weight excluding hydrogens is 356 g/mol. The van der Waals surface area contributed by atoms with E-state index in [9.17, 15) is 9.59 Å². The summed E-state index contributed by atoms with van der Waals surface area (Å²) < 4.78 is 15.3. The van der Waals surface area contributed by atoms with Crippen LogP contribution in [0.3, 0.4) is 0 Å². The number of carbonyl (C=O) groups excluding carboxylic acids is 2. The number of benzene rings is 1. The first-order valence-electron chi connectivity index (χ1n) is 8.01. The summed E-state index contributed by atoms with van der Waals surface area (Å²) in [6, 6.07) is 7.57. The summed E-state index contributed by atoms with van der Waals surface area (Å²) in [6.45, 7) is 2.73. The Balaban J connectivity index is 1.48. The second-order valence-corrected chi connectivity index (χ2v) is 6.54. The van der Waals surface area contributed by atoms with E-state index in [1.807, 2.05) is 31.2 Å². The Kier molecular flexibility index (Phi) is 5.85. The molecule has 0 saturated carbocycles. The lowest BCUT2D eigenvalue weighted by atomic mass is 10.2. The maximum Gasteiger partial charge on any atom is 0.377 e. The van der Waals surface area contributed by atoms with Crippen LogP contribution < -0.4 is 5.32 Å².